The predicted molar refractivity (Wildman–Crippen MR) is 77.7 cm³/mol. The lowest BCUT2D eigenvalue weighted by Gasteiger charge is -2.10. The van der Waals surface area contributed by atoms with E-state index < -0.39 is 0 Å². The normalized spacial score (nSPS) is 10.4. The molecule has 0 saturated carbocycles. The van der Waals surface area contributed by atoms with Crippen molar-refractivity contribution in [3.63, 3.8) is 0 Å². The molecule has 0 aliphatic carbocycles. The van der Waals surface area contributed by atoms with Gasteiger partial charge in [-0.05, 0) is 5.56 Å². The molecular weight excluding hydrogens is 254 g/mol. The molecule has 0 amide bonds. The lowest BCUT2D eigenvalue weighted by molar-refractivity contribution is 0.0992. The smallest absolute Gasteiger partial charge is 0.132 e. The summed E-state index contributed by atoms with van der Waals surface area (Å²) < 4.78 is 5.21. The molecule has 1 heterocycles. The summed E-state index contributed by atoms with van der Waals surface area (Å²) in [7, 11) is 0. The molecule has 2 N–H and O–H groups in total. The lowest BCUT2D eigenvalue weighted by atomic mass is 10.1. The van der Waals surface area contributed by atoms with Gasteiger partial charge in [-0.25, -0.2) is 9.97 Å². The van der Waals surface area contributed by atoms with E-state index in [1.807, 2.05) is 24.4 Å². The van der Waals surface area contributed by atoms with Crippen molar-refractivity contribution in [1.82, 2.24) is 9.97 Å². The van der Waals surface area contributed by atoms with Crippen LogP contribution in [-0.4, -0.2) is 41.4 Å². The second-order valence-electron chi connectivity index (χ2n) is 4.32. The number of ether oxygens (including phenoxy) is 1. The number of aliphatic hydroxyl groups excluding tert-OH is 1. The minimum absolute atomic E-state index is 0.0484. The quantitative estimate of drug-likeness (QED) is 0.713. The van der Waals surface area contributed by atoms with E-state index in [1.54, 1.807) is 0 Å². The Morgan fingerprint density at radius 1 is 1.15 bits per heavy atom. The van der Waals surface area contributed by atoms with Gasteiger partial charge in [-0.3, -0.25) is 0 Å². The van der Waals surface area contributed by atoms with Gasteiger partial charge in [0.1, 0.15) is 12.1 Å². The fourth-order valence-electron chi connectivity index (χ4n) is 1.87. The summed E-state index contributed by atoms with van der Waals surface area (Å²) in [6, 6.07) is 10.2. The SMILES string of the molecule is OCCOCCNc1ncncc1Cc1ccccc1. The summed E-state index contributed by atoms with van der Waals surface area (Å²) >= 11 is 0. The molecule has 0 radical (unpaired) electrons. The molecular formula is C15H19N3O2. The number of nitrogens with one attached hydrogen (secondary N) is 1. The largest absolute Gasteiger partial charge is 0.394 e. The number of hydrogen-bond donors (Lipinski definition) is 2. The van der Waals surface area contributed by atoms with Crippen molar-refractivity contribution in [2.75, 3.05) is 31.7 Å². The van der Waals surface area contributed by atoms with Crippen LogP contribution in [0.3, 0.4) is 0 Å². The Labute approximate surface area is 118 Å². The average Bonchev–Trinajstić information content (AvgIpc) is 2.50. The Morgan fingerprint density at radius 3 is 2.80 bits per heavy atom. The van der Waals surface area contributed by atoms with Crippen LogP contribution in [0.25, 0.3) is 0 Å². The van der Waals surface area contributed by atoms with E-state index in [-0.39, 0.29) is 6.61 Å². The van der Waals surface area contributed by atoms with E-state index >= 15 is 0 Å². The summed E-state index contributed by atoms with van der Waals surface area (Å²) in [4.78, 5) is 8.35. The monoisotopic (exact) mass is 273 g/mol. The minimum Gasteiger partial charge on any atom is -0.394 e. The van der Waals surface area contributed by atoms with E-state index in [2.05, 4.69) is 27.4 Å². The van der Waals surface area contributed by atoms with Crippen LogP contribution >= 0.6 is 0 Å². The van der Waals surface area contributed by atoms with Crippen molar-refractivity contribution in [2.45, 2.75) is 6.42 Å². The fourth-order valence-corrected chi connectivity index (χ4v) is 1.87. The van der Waals surface area contributed by atoms with Crippen molar-refractivity contribution < 1.29 is 9.84 Å². The number of aromatic nitrogens is 2. The molecule has 0 unspecified atom stereocenters. The number of benzene rings is 1. The molecule has 20 heavy (non-hydrogen) atoms. The standard InChI is InChI=1S/C15H19N3O2/c19-7-9-20-8-6-17-15-14(11-16-12-18-15)10-13-4-2-1-3-5-13/h1-5,11-12,19H,6-10H2,(H,16,17,18). The van der Waals surface area contributed by atoms with E-state index in [4.69, 9.17) is 9.84 Å². The van der Waals surface area contributed by atoms with Gasteiger partial charge >= 0.3 is 0 Å². The van der Waals surface area contributed by atoms with Crippen molar-refractivity contribution in [3.05, 3.63) is 54.0 Å². The maximum Gasteiger partial charge on any atom is 0.132 e. The Morgan fingerprint density at radius 2 is 2.00 bits per heavy atom. The lowest BCUT2D eigenvalue weighted by Crippen LogP contribution is -2.13. The molecule has 0 aliphatic rings. The summed E-state index contributed by atoms with van der Waals surface area (Å²) in [6.45, 7) is 1.60. The van der Waals surface area contributed by atoms with Crippen molar-refractivity contribution >= 4 is 5.82 Å². The zero-order chi connectivity index (χ0) is 14.0. The Balaban J connectivity index is 1.92. The van der Waals surface area contributed by atoms with Gasteiger partial charge < -0.3 is 15.2 Å². The third kappa shape index (κ3) is 4.60. The molecule has 1 aromatic carbocycles. The Kier molecular flexibility index (Phi) is 5.95. The average molecular weight is 273 g/mol. The molecule has 0 bridgehead atoms. The van der Waals surface area contributed by atoms with Gasteiger partial charge in [0, 0.05) is 24.7 Å². The van der Waals surface area contributed by atoms with Gasteiger partial charge in [0.2, 0.25) is 0 Å². The van der Waals surface area contributed by atoms with E-state index in [0.717, 1.165) is 17.8 Å². The highest BCUT2D eigenvalue weighted by atomic mass is 16.5. The molecule has 2 rings (SSSR count). The summed E-state index contributed by atoms with van der Waals surface area (Å²) in [5, 5.41) is 11.9. The second-order valence-corrected chi connectivity index (χ2v) is 4.32. The van der Waals surface area contributed by atoms with Crippen LogP contribution in [0, 0.1) is 0 Å². The second kappa shape index (κ2) is 8.24. The number of nitrogens with zero attached hydrogens (tertiary/aromatic N) is 2. The van der Waals surface area contributed by atoms with Crippen LogP contribution in [0.1, 0.15) is 11.1 Å². The minimum atomic E-state index is 0.0484. The number of hydrogen-bond acceptors (Lipinski definition) is 5. The van der Waals surface area contributed by atoms with Crippen LogP contribution in [0.5, 0.6) is 0 Å². The van der Waals surface area contributed by atoms with Gasteiger partial charge in [-0.15, -0.1) is 0 Å². The zero-order valence-electron chi connectivity index (χ0n) is 11.3. The first-order valence-corrected chi connectivity index (χ1v) is 6.65. The van der Waals surface area contributed by atoms with E-state index in [9.17, 15) is 0 Å². The van der Waals surface area contributed by atoms with Crippen LogP contribution in [0.15, 0.2) is 42.9 Å². The molecule has 0 saturated heterocycles. The first-order valence-electron chi connectivity index (χ1n) is 6.65. The predicted octanol–water partition coefficient (Wildman–Crippen LogP) is 1.49. The third-order valence-corrected chi connectivity index (χ3v) is 2.80. The molecule has 0 atom stereocenters. The van der Waals surface area contributed by atoms with Gasteiger partial charge in [-0.2, -0.15) is 0 Å². The maximum absolute atomic E-state index is 8.62. The summed E-state index contributed by atoms with van der Waals surface area (Å²) in [5.41, 5.74) is 2.28. The highest BCUT2D eigenvalue weighted by Crippen LogP contribution is 2.15. The molecule has 5 nitrogen and oxygen atoms in total. The van der Waals surface area contributed by atoms with E-state index in [1.165, 1.54) is 11.9 Å². The van der Waals surface area contributed by atoms with Crippen molar-refractivity contribution in [2.24, 2.45) is 0 Å². The topological polar surface area (TPSA) is 67.3 Å². The molecule has 1 aromatic heterocycles. The molecule has 0 spiro atoms. The Bertz CT molecular complexity index is 505. The zero-order valence-corrected chi connectivity index (χ0v) is 11.3. The first-order chi connectivity index (χ1) is 9.90. The molecule has 0 aliphatic heterocycles. The van der Waals surface area contributed by atoms with E-state index in [0.29, 0.717) is 19.8 Å². The molecule has 2 aromatic rings. The van der Waals surface area contributed by atoms with Crippen LogP contribution < -0.4 is 5.32 Å². The van der Waals surface area contributed by atoms with Gasteiger partial charge in [0.25, 0.3) is 0 Å². The van der Waals surface area contributed by atoms with Gasteiger partial charge in [0.05, 0.1) is 19.8 Å². The van der Waals surface area contributed by atoms with Crippen molar-refractivity contribution in [3.8, 4) is 0 Å². The highest BCUT2D eigenvalue weighted by molar-refractivity contribution is 5.44. The van der Waals surface area contributed by atoms with Gasteiger partial charge in [0.15, 0.2) is 0 Å². The Hall–Kier alpha value is -1.98. The first kappa shape index (κ1) is 14.4. The van der Waals surface area contributed by atoms with Crippen LogP contribution in [0.2, 0.25) is 0 Å². The summed E-state index contributed by atoms with van der Waals surface area (Å²) in [6.07, 6.45) is 4.16. The maximum atomic E-state index is 8.62. The van der Waals surface area contributed by atoms with Crippen LogP contribution in [0.4, 0.5) is 5.82 Å². The highest BCUT2D eigenvalue weighted by Gasteiger charge is 2.04. The fraction of sp³-hybridized carbons (Fsp3) is 0.333. The van der Waals surface area contributed by atoms with Crippen LogP contribution in [-0.2, 0) is 11.2 Å². The van der Waals surface area contributed by atoms with Gasteiger partial charge in [-0.1, -0.05) is 30.3 Å². The molecule has 5 heteroatoms. The third-order valence-electron chi connectivity index (χ3n) is 2.80. The number of rotatable bonds is 8. The number of anilines is 1. The number of aliphatic hydroxyl groups is 1. The molecule has 106 valence electrons. The van der Waals surface area contributed by atoms with Crippen molar-refractivity contribution in [1.29, 1.82) is 0 Å². The summed E-state index contributed by atoms with van der Waals surface area (Å²) in [5.74, 6) is 0.830. The molecule has 0 fully saturated rings.